The van der Waals surface area contributed by atoms with Crippen molar-refractivity contribution in [1.82, 2.24) is 0 Å². The second-order valence-corrected chi connectivity index (χ2v) is 2.86. The van der Waals surface area contributed by atoms with Gasteiger partial charge in [0.25, 0.3) is 0 Å². The molecule has 1 aliphatic carbocycles. The Hall–Kier alpha value is -1.18. The van der Waals surface area contributed by atoms with Gasteiger partial charge in [0.1, 0.15) is 12.0 Å². The molecule has 12 heavy (non-hydrogen) atoms. The summed E-state index contributed by atoms with van der Waals surface area (Å²) in [7, 11) is 0. The van der Waals surface area contributed by atoms with E-state index in [9.17, 15) is 0 Å². The minimum absolute atomic E-state index is 0.449. The Morgan fingerprint density at radius 2 is 2.50 bits per heavy atom. The molecule has 0 aromatic carbocycles. The first-order valence-electron chi connectivity index (χ1n) is 4.10. The minimum Gasteiger partial charge on any atom is -0.512 e. The van der Waals surface area contributed by atoms with E-state index in [-0.39, 0.29) is 0 Å². The van der Waals surface area contributed by atoms with Gasteiger partial charge in [0.15, 0.2) is 0 Å². The maximum absolute atomic E-state index is 8.55. The minimum atomic E-state index is 0.449. The van der Waals surface area contributed by atoms with Crippen molar-refractivity contribution < 1.29 is 9.84 Å². The fraction of sp³-hybridized carbons (Fsp3) is 0.400. The molecule has 0 aromatic rings. The Morgan fingerprint density at radius 1 is 1.67 bits per heavy atom. The van der Waals surface area contributed by atoms with Gasteiger partial charge in [0.2, 0.25) is 0 Å². The number of hydrogen-bond acceptors (Lipinski definition) is 2. The highest BCUT2D eigenvalue weighted by atomic mass is 16.5. The number of rotatable bonds is 3. The van der Waals surface area contributed by atoms with Gasteiger partial charge in [-0.2, -0.15) is 0 Å². The molecule has 1 N–H and O–H groups in total. The first-order chi connectivity index (χ1) is 5.83. The highest BCUT2D eigenvalue weighted by Crippen LogP contribution is 2.12. The Balaban J connectivity index is 2.24. The first-order valence-corrected chi connectivity index (χ1v) is 4.10. The molecular formula is C10H14O2. The summed E-state index contributed by atoms with van der Waals surface area (Å²) in [5.74, 6) is 1.02. The van der Waals surface area contributed by atoms with Crippen LogP contribution in [0.2, 0.25) is 0 Å². The molecule has 0 saturated heterocycles. The summed E-state index contributed by atoms with van der Waals surface area (Å²) in [6.07, 6.45) is 10.3. The van der Waals surface area contributed by atoms with Gasteiger partial charge in [-0.15, -0.1) is 0 Å². The second-order valence-electron chi connectivity index (χ2n) is 2.86. The zero-order chi connectivity index (χ0) is 8.81. The van der Waals surface area contributed by atoms with Crippen LogP contribution in [0.4, 0.5) is 0 Å². The van der Waals surface area contributed by atoms with Crippen molar-refractivity contribution in [3.63, 3.8) is 0 Å². The van der Waals surface area contributed by atoms with Crippen molar-refractivity contribution in [2.45, 2.75) is 13.3 Å². The lowest BCUT2D eigenvalue weighted by atomic mass is 10.0. The molecule has 0 fully saturated rings. The molecule has 0 bridgehead atoms. The van der Waals surface area contributed by atoms with E-state index in [1.165, 1.54) is 0 Å². The largest absolute Gasteiger partial charge is 0.512 e. The maximum Gasteiger partial charge on any atom is 0.127 e. The van der Waals surface area contributed by atoms with Crippen molar-refractivity contribution >= 4 is 0 Å². The van der Waals surface area contributed by atoms with E-state index in [2.05, 4.69) is 12.2 Å². The van der Waals surface area contributed by atoms with Crippen LogP contribution in [-0.2, 0) is 4.74 Å². The maximum atomic E-state index is 8.55. The molecule has 0 radical (unpaired) electrons. The van der Waals surface area contributed by atoms with E-state index in [4.69, 9.17) is 9.84 Å². The van der Waals surface area contributed by atoms with Gasteiger partial charge < -0.3 is 9.84 Å². The summed E-state index contributed by atoms with van der Waals surface area (Å²) in [4.78, 5) is 0. The van der Waals surface area contributed by atoms with Gasteiger partial charge in [-0.1, -0.05) is 24.3 Å². The van der Waals surface area contributed by atoms with E-state index < -0.39 is 0 Å². The Labute approximate surface area is 72.9 Å². The number of ether oxygens (including phenoxy) is 1. The summed E-state index contributed by atoms with van der Waals surface area (Å²) in [5, 5.41) is 8.55. The normalized spacial score (nSPS) is 22.8. The third kappa shape index (κ3) is 2.82. The number of allylic oxidation sites excluding steroid dienone is 4. The van der Waals surface area contributed by atoms with Crippen LogP contribution >= 0.6 is 0 Å². The van der Waals surface area contributed by atoms with Gasteiger partial charge in [-0.3, -0.25) is 0 Å². The van der Waals surface area contributed by atoms with Crippen LogP contribution in [0, 0.1) is 5.92 Å². The number of aliphatic hydroxyl groups is 1. The summed E-state index contributed by atoms with van der Waals surface area (Å²) >= 11 is 0. The summed E-state index contributed by atoms with van der Waals surface area (Å²) in [6.45, 7) is 2.38. The van der Waals surface area contributed by atoms with Crippen LogP contribution < -0.4 is 0 Å². The van der Waals surface area contributed by atoms with Gasteiger partial charge >= 0.3 is 0 Å². The molecular weight excluding hydrogens is 152 g/mol. The lowest BCUT2D eigenvalue weighted by Gasteiger charge is -2.13. The topological polar surface area (TPSA) is 29.5 Å². The average molecular weight is 166 g/mol. The van der Waals surface area contributed by atoms with Crippen LogP contribution in [0.15, 0.2) is 36.3 Å². The van der Waals surface area contributed by atoms with Crippen LogP contribution in [0.25, 0.3) is 0 Å². The van der Waals surface area contributed by atoms with E-state index in [1.807, 2.05) is 12.2 Å². The SMILES string of the molecule is CC(=CO)OCC1C=CC=CC1. The van der Waals surface area contributed by atoms with Crippen LogP contribution in [0.3, 0.4) is 0 Å². The summed E-state index contributed by atoms with van der Waals surface area (Å²) in [5.41, 5.74) is 0. The molecule has 2 nitrogen and oxygen atoms in total. The van der Waals surface area contributed by atoms with Gasteiger partial charge in [-0.05, 0) is 13.3 Å². The van der Waals surface area contributed by atoms with Crippen LogP contribution in [-0.4, -0.2) is 11.7 Å². The molecule has 0 amide bonds. The van der Waals surface area contributed by atoms with Gasteiger partial charge in [0, 0.05) is 5.92 Å². The lowest BCUT2D eigenvalue weighted by Crippen LogP contribution is -2.06. The van der Waals surface area contributed by atoms with Crippen LogP contribution in [0.1, 0.15) is 13.3 Å². The van der Waals surface area contributed by atoms with E-state index in [0.29, 0.717) is 18.3 Å². The van der Waals surface area contributed by atoms with Crippen LogP contribution in [0.5, 0.6) is 0 Å². The second kappa shape index (κ2) is 4.65. The van der Waals surface area contributed by atoms with Crippen molar-refractivity contribution in [2.24, 2.45) is 5.92 Å². The van der Waals surface area contributed by atoms with Gasteiger partial charge in [-0.25, -0.2) is 0 Å². The molecule has 0 aromatic heterocycles. The summed E-state index contributed by atoms with van der Waals surface area (Å²) < 4.78 is 5.26. The standard InChI is InChI=1S/C10H14O2/c1-9(7-11)12-8-10-5-3-2-4-6-10/h2-5,7,10-11H,6,8H2,1H3. The Bertz CT molecular complexity index is 214. The zero-order valence-corrected chi connectivity index (χ0v) is 7.23. The smallest absolute Gasteiger partial charge is 0.127 e. The van der Waals surface area contributed by atoms with Gasteiger partial charge in [0.05, 0.1) is 6.61 Å². The molecule has 0 aliphatic heterocycles. The average Bonchev–Trinajstić information content (AvgIpc) is 2.16. The number of aliphatic hydroxyl groups excluding tert-OH is 1. The quantitative estimate of drug-likeness (QED) is 0.653. The van der Waals surface area contributed by atoms with Crippen molar-refractivity contribution in [3.05, 3.63) is 36.3 Å². The predicted molar refractivity (Wildman–Crippen MR) is 48.7 cm³/mol. The third-order valence-electron chi connectivity index (χ3n) is 1.78. The molecule has 1 rings (SSSR count). The molecule has 0 heterocycles. The monoisotopic (exact) mass is 166 g/mol. The summed E-state index contributed by atoms with van der Waals surface area (Å²) in [6, 6.07) is 0. The zero-order valence-electron chi connectivity index (χ0n) is 7.23. The molecule has 2 heteroatoms. The van der Waals surface area contributed by atoms with Crippen molar-refractivity contribution in [3.8, 4) is 0 Å². The Kier molecular flexibility index (Phi) is 3.45. The molecule has 0 saturated carbocycles. The highest BCUT2D eigenvalue weighted by molar-refractivity contribution is 5.10. The predicted octanol–water partition coefficient (Wildman–Crippen LogP) is 2.55. The molecule has 1 aliphatic rings. The van der Waals surface area contributed by atoms with E-state index >= 15 is 0 Å². The third-order valence-corrected chi connectivity index (χ3v) is 1.78. The fourth-order valence-corrected chi connectivity index (χ4v) is 1.03. The highest BCUT2D eigenvalue weighted by Gasteiger charge is 2.05. The van der Waals surface area contributed by atoms with Crippen molar-refractivity contribution in [2.75, 3.05) is 6.61 Å². The van der Waals surface area contributed by atoms with E-state index in [1.54, 1.807) is 6.92 Å². The molecule has 0 spiro atoms. The molecule has 1 unspecified atom stereocenters. The molecule has 66 valence electrons. The number of hydrogen-bond donors (Lipinski definition) is 1. The molecule has 1 atom stereocenters. The lowest BCUT2D eigenvalue weighted by molar-refractivity contribution is 0.175. The fourth-order valence-electron chi connectivity index (χ4n) is 1.03. The first kappa shape index (κ1) is 8.91. The van der Waals surface area contributed by atoms with E-state index in [0.717, 1.165) is 12.7 Å². The Morgan fingerprint density at radius 3 is 3.08 bits per heavy atom. The van der Waals surface area contributed by atoms with Crippen molar-refractivity contribution in [1.29, 1.82) is 0 Å².